The summed E-state index contributed by atoms with van der Waals surface area (Å²) in [5.74, 6) is 0.642. The molecule has 3 rings (SSSR count). The molecule has 0 saturated carbocycles. The molecule has 5 nitrogen and oxygen atoms in total. The molecule has 1 heterocycles. The maximum absolute atomic E-state index is 12.7. The summed E-state index contributed by atoms with van der Waals surface area (Å²) in [6, 6.07) is 15.3. The largest absolute Gasteiger partial charge is 0.497 e. The van der Waals surface area contributed by atoms with E-state index in [9.17, 15) is 9.59 Å². The van der Waals surface area contributed by atoms with Gasteiger partial charge >= 0.3 is 0 Å². The number of aryl methyl sites for hydroxylation is 1. The zero-order valence-electron chi connectivity index (χ0n) is 15.4. The number of benzene rings is 2. The number of nitrogens with zero attached hydrogens (tertiary/aromatic N) is 2. The molecule has 0 spiro atoms. The number of carbonyl (C=O) groups is 2. The summed E-state index contributed by atoms with van der Waals surface area (Å²) < 4.78 is 5.21. The van der Waals surface area contributed by atoms with Gasteiger partial charge in [-0.25, -0.2) is 0 Å². The highest BCUT2D eigenvalue weighted by atomic mass is 16.5. The van der Waals surface area contributed by atoms with Gasteiger partial charge in [0.2, 0.25) is 11.8 Å². The molecule has 2 aromatic rings. The fraction of sp³-hybridized carbons (Fsp3) is 0.333. The first-order valence-electron chi connectivity index (χ1n) is 8.78. The molecule has 0 radical (unpaired) electrons. The third-order valence-corrected chi connectivity index (χ3v) is 4.80. The first-order valence-corrected chi connectivity index (χ1v) is 8.78. The molecular weight excluding hydrogens is 328 g/mol. The Morgan fingerprint density at radius 2 is 1.96 bits per heavy atom. The molecule has 0 aliphatic carbocycles. The fourth-order valence-corrected chi connectivity index (χ4v) is 3.34. The molecule has 2 amide bonds. The fourth-order valence-electron chi connectivity index (χ4n) is 3.34. The molecule has 0 unspecified atom stereocenters. The van der Waals surface area contributed by atoms with E-state index in [0.29, 0.717) is 6.54 Å². The Hall–Kier alpha value is -2.82. The maximum atomic E-state index is 12.7. The van der Waals surface area contributed by atoms with Crippen LogP contribution in [0, 0.1) is 6.92 Å². The molecule has 0 aromatic heterocycles. The van der Waals surface area contributed by atoms with Crippen molar-refractivity contribution in [2.24, 2.45) is 0 Å². The average molecular weight is 352 g/mol. The minimum Gasteiger partial charge on any atom is -0.497 e. The molecule has 0 N–H and O–H groups in total. The summed E-state index contributed by atoms with van der Waals surface area (Å²) in [5.41, 5.74) is 2.86. The highest BCUT2D eigenvalue weighted by molar-refractivity contribution is 5.99. The molecule has 1 aliphatic heterocycles. The van der Waals surface area contributed by atoms with Crippen molar-refractivity contribution in [3.05, 3.63) is 59.7 Å². The first kappa shape index (κ1) is 18.0. The van der Waals surface area contributed by atoms with Crippen LogP contribution >= 0.6 is 0 Å². The standard InChI is InChI=1S/C21H24N2O3/c1-15-7-4-5-10-19(15)23-13-16(2)22(14-21(23)25)20(24)12-17-8-6-9-18(11-17)26-3/h4-11,16H,12-14H2,1-3H3/t16-/m1/s1. The lowest BCUT2D eigenvalue weighted by Gasteiger charge is -2.40. The highest BCUT2D eigenvalue weighted by Crippen LogP contribution is 2.24. The Morgan fingerprint density at radius 3 is 2.69 bits per heavy atom. The minimum absolute atomic E-state index is 0.0367. The van der Waals surface area contributed by atoms with Gasteiger partial charge in [-0.3, -0.25) is 9.59 Å². The van der Waals surface area contributed by atoms with Gasteiger partial charge in [0, 0.05) is 18.3 Å². The summed E-state index contributed by atoms with van der Waals surface area (Å²) >= 11 is 0. The summed E-state index contributed by atoms with van der Waals surface area (Å²) in [6.45, 7) is 4.60. The van der Waals surface area contributed by atoms with Crippen LogP contribution in [0.25, 0.3) is 0 Å². The number of anilines is 1. The van der Waals surface area contributed by atoms with Crippen molar-refractivity contribution < 1.29 is 14.3 Å². The van der Waals surface area contributed by atoms with Gasteiger partial charge in [-0.2, -0.15) is 0 Å². The van der Waals surface area contributed by atoms with Crippen LogP contribution < -0.4 is 9.64 Å². The average Bonchev–Trinajstić information content (AvgIpc) is 2.64. The van der Waals surface area contributed by atoms with E-state index < -0.39 is 0 Å². The number of para-hydroxylation sites is 1. The van der Waals surface area contributed by atoms with Crippen molar-refractivity contribution in [3.63, 3.8) is 0 Å². The molecular formula is C21H24N2O3. The van der Waals surface area contributed by atoms with Crippen LogP contribution in [-0.2, 0) is 16.0 Å². The van der Waals surface area contributed by atoms with Crippen LogP contribution in [-0.4, -0.2) is 43.0 Å². The number of ether oxygens (including phenoxy) is 1. The van der Waals surface area contributed by atoms with E-state index in [-0.39, 0.29) is 30.8 Å². The minimum atomic E-state index is -0.0450. The van der Waals surface area contributed by atoms with Gasteiger partial charge in [-0.1, -0.05) is 30.3 Å². The lowest BCUT2D eigenvalue weighted by Crippen LogP contribution is -2.57. The Bertz CT molecular complexity index is 818. The van der Waals surface area contributed by atoms with Gasteiger partial charge in [0.15, 0.2) is 0 Å². The van der Waals surface area contributed by atoms with E-state index in [1.165, 1.54) is 0 Å². The van der Waals surface area contributed by atoms with Gasteiger partial charge < -0.3 is 14.5 Å². The van der Waals surface area contributed by atoms with Crippen molar-refractivity contribution >= 4 is 17.5 Å². The zero-order chi connectivity index (χ0) is 18.7. The van der Waals surface area contributed by atoms with Gasteiger partial charge in [-0.15, -0.1) is 0 Å². The van der Waals surface area contributed by atoms with Crippen LogP contribution in [0.2, 0.25) is 0 Å². The van der Waals surface area contributed by atoms with E-state index >= 15 is 0 Å². The highest BCUT2D eigenvalue weighted by Gasteiger charge is 2.33. The smallest absolute Gasteiger partial charge is 0.246 e. The first-order chi connectivity index (χ1) is 12.5. The molecule has 1 fully saturated rings. The second-order valence-corrected chi connectivity index (χ2v) is 6.69. The van der Waals surface area contributed by atoms with Crippen LogP contribution in [0.3, 0.4) is 0 Å². The van der Waals surface area contributed by atoms with Gasteiger partial charge in [0.1, 0.15) is 12.3 Å². The van der Waals surface area contributed by atoms with E-state index in [1.54, 1.807) is 16.9 Å². The molecule has 136 valence electrons. The molecule has 1 saturated heterocycles. The Labute approximate surface area is 154 Å². The second kappa shape index (κ2) is 7.60. The molecule has 5 heteroatoms. The summed E-state index contributed by atoms with van der Waals surface area (Å²) in [4.78, 5) is 28.9. The Morgan fingerprint density at radius 1 is 1.19 bits per heavy atom. The van der Waals surface area contributed by atoms with Crippen molar-refractivity contribution in [1.29, 1.82) is 0 Å². The normalized spacial score (nSPS) is 17.3. The van der Waals surface area contributed by atoms with E-state index in [4.69, 9.17) is 4.74 Å². The number of methoxy groups -OCH3 is 1. The maximum Gasteiger partial charge on any atom is 0.246 e. The third-order valence-electron chi connectivity index (χ3n) is 4.80. The number of amides is 2. The third kappa shape index (κ3) is 3.72. The van der Waals surface area contributed by atoms with E-state index in [0.717, 1.165) is 22.6 Å². The van der Waals surface area contributed by atoms with Gasteiger partial charge in [0.05, 0.1) is 13.5 Å². The number of hydrogen-bond donors (Lipinski definition) is 0. The van der Waals surface area contributed by atoms with Gasteiger partial charge in [-0.05, 0) is 43.2 Å². The second-order valence-electron chi connectivity index (χ2n) is 6.69. The van der Waals surface area contributed by atoms with E-state index in [2.05, 4.69) is 0 Å². The van der Waals surface area contributed by atoms with Crippen LogP contribution in [0.1, 0.15) is 18.1 Å². The van der Waals surface area contributed by atoms with Crippen molar-refractivity contribution in [1.82, 2.24) is 4.90 Å². The summed E-state index contributed by atoms with van der Waals surface area (Å²) in [7, 11) is 1.60. The predicted molar refractivity (Wildman–Crippen MR) is 101 cm³/mol. The van der Waals surface area contributed by atoms with Crippen LogP contribution in [0.5, 0.6) is 5.75 Å². The van der Waals surface area contributed by atoms with Crippen molar-refractivity contribution in [2.75, 3.05) is 25.1 Å². The zero-order valence-corrected chi connectivity index (χ0v) is 15.4. The number of piperazine rings is 1. The van der Waals surface area contributed by atoms with Crippen molar-refractivity contribution in [2.45, 2.75) is 26.3 Å². The number of carbonyl (C=O) groups excluding carboxylic acids is 2. The predicted octanol–water partition coefficient (Wildman–Crippen LogP) is 2.81. The molecule has 26 heavy (non-hydrogen) atoms. The van der Waals surface area contributed by atoms with Crippen LogP contribution in [0.15, 0.2) is 48.5 Å². The van der Waals surface area contributed by atoms with Crippen molar-refractivity contribution in [3.8, 4) is 5.75 Å². The van der Waals surface area contributed by atoms with Crippen LogP contribution in [0.4, 0.5) is 5.69 Å². The summed E-state index contributed by atoms with van der Waals surface area (Å²) in [5, 5.41) is 0. The number of hydrogen-bond acceptors (Lipinski definition) is 3. The van der Waals surface area contributed by atoms with Gasteiger partial charge in [0.25, 0.3) is 0 Å². The number of rotatable bonds is 4. The lowest BCUT2D eigenvalue weighted by atomic mass is 10.1. The monoisotopic (exact) mass is 352 g/mol. The SMILES string of the molecule is COc1cccc(CC(=O)N2CC(=O)N(c3ccccc3C)C[C@H]2C)c1. The summed E-state index contributed by atoms with van der Waals surface area (Å²) in [6.07, 6.45) is 0.263. The molecule has 1 atom stereocenters. The molecule has 0 bridgehead atoms. The molecule has 2 aromatic carbocycles. The topological polar surface area (TPSA) is 49.9 Å². The quantitative estimate of drug-likeness (QED) is 0.850. The lowest BCUT2D eigenvalue weighted by molar-refractivity contribution is -0.138. The molecule has 1 aliphatic rings. The Balaban J connectivity index is 1.72. The Kier molecular flexibility index (Phi) is 5.26. The van der Waals surface area contributed by atoms with E-state index in [1.807, 2.05) is 62.4 Å².